The normalized spacial score (nSPS) is 15.3. The molecule has 1 aliphatic heterocycles. The number of rotatable bonds is 1. The highest BCUT2D eigenvalue weighted by molar-refractivity contribution is 6.02. The van der Waals surface area contributed by atoms with Crippen LogP contribution < -0.4 is 0 Å². The second-order valence-electron chi connectivity index (χ2n) is 3.95. The molecule has 1 aromatic heterocycles. The van der Waals surface area contributed by atoms with Gasteiger partial charge in [-0.05, 0) is 6.07 Å². The fourth-order valence-corrected chi connectivity index (χ4v) is 2.13. The number of cyclic esters (lactones) is 1. The molecule has 16 heavy (non-hydrogen) atoms. The van der Waals surface area contributed by atoms with Gasteiger partial charge in [0.1, 0.15) is 6.61 Å². The molecule has 0 amide bonds. The summed E-state index contributed by atoms with van der Waals surface area (Å²) in [5, 5.41) is 1.16. The van der Waals surface area contributed by atoms with E-state index in [2.05, 4.69) is 16.7 Å². The Kier molecular flexibility index (Phi) is 1.86. The van der Waals surface area contributed by atoms with Crippen molar-refractivity contribution in [1.82, 2.24) is 4.57 Å². The Labute approximate surface area is 92.9 Å². The molecule has 3 heteroatoms. The molecule has 0 saturated carbocycles. The van der Waals surface area contributed by atoms with Crippen LogP contribution in [0.25, 0.3) is 16.5 Å². The van der Waals surface area contributed by atoms with Gasteiger partial charge in [0.2, 0.25) is 0 Å². The van der Waals surface area contributed by atoms with Gasteiger partial charge in [-0.25, -0.2) is 4.79 Å². The summed E-state index contributed by atoms with van der Waals surface area (Å²) in [6.45, 7) is 0.382. The number of hydrogen-bond acceptors (Lipinski definition) is 2. The lowest BCUT2D eigenvalue weighted by Crippen LogP contribution is -1.91. The molecule has 1 aromatic carbocycles. The molecule has 2 heterocycles. The first-order chi connectivity index (χ1) is 7.75. The predicted octanol–water partition coefficient (Wildman–Crippen LogP) is 2.12. The van der Waals surface area contributed by atoms with Gasteiger partial charge in [-0.1, -0.05) is 18.2 Å². The maximum atomic E-state index is 11.1. The van der Waals surface area contributed by atoms with Gasteiger partial charge in [0.15, 0.2) is 0 Å². The molecule has 0 fully saturated rings. The summed E-state index contributed by atoms with van der Waals surface area (Å²) in [5.41, 5.74) is 3.21. The lowest BCUT2D eigenvalue weighted by Gasteiger charge is -1.97. The number of fused-ring (bicyclic) bond motifs is 1. The van der Waals surface area contributed by atoms with E-state index in [0.29, 0.717) is 6.61 Å². The minimum Gasteiger partial charge on any atom is -0.458 e. The summed E-state index contributed by atoms with van der Waals surface area (Å²) < 4.78 is 7.00. The van der Waals surface area contributed by atoms with Crippen molar-refractivity contribution in [1.29, 1.82) is 0 Å². The van der Waals surface area contributed by atoms with Gasteiger partial charge in [0, 0.05) is 41.4 Å². The topological polar surface area (TPSA) is 31.2 Å². The first-order valence-electron chi connectivity index (χ1n) is 5.17. The van der Waals surface area contributed by atoms with Crippen LogP contribution in [-0.2, 0) is 16.6 Å². The van der Waals surface area contributed by atoms with Gasteiger partial charge in [0.05, 0.1) is 0 Å². The zero-order chi connectivity index (χ0) is 11.1. The number of para-hydroxylation sites is 1. The smallest absolute Gasteiger partial charge is 0.331 e. The van der Waals surface area contributed by atoms with Crippen LogP contribution in [-0.4, -0.2) is 17.1 Å². The number of nitrogens with zero attached hydrogens (tertiary/aromatic N) is 1. The molecule has 0 saturated heterocycles. The fraction of sp³-hybridized carbons (Fsp3) is 0.154. The quantitative estimate of drug-likeness (QED) is 0.679. The molecule has 0 unspecified atom stereocenters. The molecule has 80 valence electrons. The number of aryl methyl sites for hydroxylation is 1. The fourth-order valence-electron chi connectivity index (χ4n) is 2.13. The third-order valence-electron chi connectivity index (χ3n) is 2.90. The Morgan fingerprint density at radius 1 is 1.31 bits per heavy atom. The Balaban J connectivity index is 2.25. The third-order valence-corrected chi connectivity index (χ3v) is 2.90. The van der Waals surface area contributed by atoms with Gasteiger partial charge in [-0.15, -0.1) is 0 Å². The van der Waals surface area contributed by atoms with Gasteiger partial charge >= 0.3 is 5.97 Å². The number of hydrogen-bond donors (Lipinski definition) is 0. The Hall–Kier alpha value is -2.03. The first-order valence-corrected chi connectivity index (χ1v) is 5.17. The van der Waals surface area contributed by atoms with Crippen LogP contribution in [0.3, 0.4) is 0 Å². The van der Waals surface area contributed by atoms with Crippen molar-refractivity contribution in [3.8, 4) is 0 Å². The van der Waals surface area contributed by atoms with Crippen molar-refractivity contribution in [2.75, 3.05) is 6.61 Å². The highest BCUT2D eigenvalue weighted by Crippen LogP contribution is 2.28. The van der Waals surface area contributed by atoms with Crippen LogP contribution in [0.1, 0.15) is 5.56 Å². The van der Waals surface area contributed by atoms with Crippen LogP contribution in [0, 0.1) is 0 Å². The van der Waals surface area contributed by atoms with Crippen molar-refractivity contribution >= 4 is 22.4 Å². The molecule has 1 aliphatic rings. The van der Waals surface area contributed by atoms with Crippen molar-refractivity contribution in [2.24, 2.45) is 7.05 Å². The average Bonchev–Trinajstić information content (AvgIpc) is 2.84. The van der Waals surface area contributed by atoms with E-state index in [4.69, 9.17) is 4.74 Å². The lowest BCUT2D eigenvalue weighted by atomic mass is 10.1. The largest absolute Gasteiger partial charge is 0.458 e. The van der Waals surface area contributed by atoms with E-state index in [0.717, 1.165) is 22.0 Å². The van der Waals surface area contributed by atoms with Crippen LogP contribution in [0.5, 0.6) is 0 Å². The Morgan fingerprint density at radius 2 is 2.12 bits per heavy atom. The highest BCUT2D eigenvalue weighted by atomic mass is 16.5. The number of esters is 1. The Morgan fingerprint density at radius 3 is 2.88 bits per heavy atom. The van der Waals surface area contributed by atoms with E-state index in [1.807, 2.05) is 25.4 Å². The van der Waals surface area contributed by atoms with E-state index in [1.54, 1.807) is 6.08 Å². The SMILES string of the molecule is Cn1cc(C2=CC(=O)OC2)c2ccccc21. The van der Waals surface area contributed by atoms with Crippen LogP contribution in [0.15, 0.2) is 36.5 Å². The van der Waals surface area contributed by atoms with Crippen molar-refractivity contribution < 1.29 is 9.53 Å². The molecular weight excluding hydrogens is 202 g/mol. The standard InChI is InChI=1S/C13H11NO2/c1-14-7-11(9-6-13(15)16-8-9)10-4-2-3-5-12(10)14/h2-7H,8H2,1H3. The summed E-state index contributed by atoms with van der Waals surface area (Å²) >= 11 is 0. The number of aromatic nitrogens is 1. The molecule has 3 rings (SSSR count). The van der Waals surface area contributed by atoms with Crippen molar-refractivity contribution in [3.05, 3.63) is 42.1 Å². The third kappa shape index (κ3) is 1.25. The first kappa shape index (κ1) is 9.21. The maximum absolute atomic E-state index is 11.1. The summed E-state index contributed by atoms with van der Waals surface area (Å²) in [4.78, 5) is 11.1. The van der Waals surface area contributed by atoms with Crippen LogP contribution in [0.4, 0.5) is 0 Å². The summed E-state index contributed by atoms with van der Waals surface area (Å²) in [5.74, 6) is -0.247. The molecule has 0 atom stereocenters. The van der Waals surface area contributed by atoms with E-state index in [9.17, 15) is 4.79 Å². The molecule has 0 bridgehead atoms. The minimum atomic E-state index is -0.247. The van der Waals surface area contributed by atoms with E-state index < -0.39 is 0 Å². The van der Waals surface area contributed by atoms with E-state index in [-0.39, 0.29) is 5.97 Å². The molecule has 0 N–H and O–H groups in total. The molecular formula is C13H11NO2. The van der Waals surface area contributed by atoms with Gasteiger partial charge in [-0.2, -0.15) is 0 Å². The second kappa shape index (κ2) is 3.23. The molecule has 3 nitrogen and oxygen atoms in total. The van der Waals surface area contributed by atoms with E-state index in [1.165, 1.54) is 0 Å². The number of carbonyl (C=O) groups is 1. The van der Waals surface area contributed by atoms with Gasteiger partial charge < -0.3 is 9.30 Å². The van der Waals surface area contributed by atoms with Gasteiger partial charge in [-0.3, -0.25) is 0 Å². The average molecular weight is 213 g/mol. The molecule has 0 spiro atoms. The highest BCUT2D eigenvalue weighted by Gasteiger charge is 2.18. The summed E-state index contributed by atoms with van der Waals surface area (Å²) in [7, 11) is 2.00. The Bertz CT molecular complexity index is 607. The summed E-state index contributed by atoms with van der Waals surface area (Å²) in [6.07, 6.45) is 3.61. The van der Waals surface area contributed by atoms with Crippen LogP contribution >= 0.6 is 0 Å². The summed E-state index contributed by atoms with van der Waals surface area (Å²) in [6, 6.07) is 8.14. The van der Waals surface area contributed by atoms with Crippen molar-refractivity contribution in [3.63, 3.8) is 0 Å². The second-order valence-corrected chi connectivity index (χ2v) is 3.95. The number of carbonyl (C=O) groups excluding carboxylic acids is 1. The molecule has 0 aliphatic carbocycles. The predicted molar refractivity (Wildman–Crippen MR) is 61.9 cm³/mol. The van der Waals surface area contributed by atoms with E-state index >= 15 is 0 Å². The lowest BCUT2D eigenvalue weighted by molar-refractivity contribution is -0.134. The number of benzene rings is 1. The van der Waals surface area contributed by atoms with Crippen molar-refractivity contribution in [2.45, 2.75) is 0 Å². The number of ether oxygens (including phenoxy) is 1. The maximum Gasteiger partial charge on any atom is 0.331 e. The zero-order valence-electron chi connectivity index (χ0n) is 8.93. The molecule has 0 radical (unpaired) electrons. The van der Waals surface area contributed by atoms with Crippen LogP contribution in [0.2, 0.25) is 0 Å². The molecule has 2 aromatic rings. The monoisotopic (exact) mass is 213 g/mol. The minimum absolute atomic E-state index is 0.247. The van der Waals surface area contributed by atoms with Gasteiger partial charge in [0.25, 0.3) is 0 Å². The zero-order valence-corrected chi connectivity index (χ0v) is 8.93.